The third kappa shape index (κ3) is 6.10. The number of halogens is 1. The van der Waals surface area contributed by atoms with Gasteiger partial charge in [0, 0.05) is 24.4 Å². The number of carbonyl (C=O) groups is 1. The summed E-state index contributed by atoms with van der Waals surface area (Å²) in [5.74, 6) is 2.21. The Morgan fingerprint density at radius 2 is 1.92 bits per heavy atom. The smallest absolute Gasteiger partial charge is 0.232 e. The second-order valence-electron chi connectivity index (χ2n) is 5.45. The lowest BCUT2D eigenvalue weighted by Crippen LogP contribution is -2.27. The third-order valence-electron chi connectivity index (χ3n) is 3.46. The summed E-state index contributed by atoms with van der Waals surface area (Å²) < 4.78 is 5.42. The Balaban J connectivity index is 1.77. The van der Waals surface area contributed by atoms with Crippen molar-refractivity contribution in [3.05, 3.63) is 64.7 Å². The zero-order chi connectivity index (χ0) is 17.4. The molecule has 3 nitrogen and oxygen atoms in total. The molecule has 0 saturated carbocycles. The molecule has 0 bridgehead atoms. The van der Waals surface area contributed by atoms with Crippen molar-refractivity contribution in [2.45, 2.75) is 19.2 Å². The topological polar surface area (TPSA) is 29.5 Å². The summed E-state index contributed by atoms with van der Waals surface area (Å²) in [6.45, 7) is 3.21. The van der Waals surface area contributed by atoms with E-state index in [0.29, 0.717) is 18.9 Å². The number of thioether (sulfide) groups is 1. The zero-order valence-corrected chi connectivity index (χ0v) is 15.6. The van der Waals surface area contributed by atoms with Crippen molar-refractivity contribution in [2.75, 3.05) is 19.4 Å². The quantitative estimate of drug-likeness (QED) is 0.684. The van der Waals surface area contributed by atoms with Crippen LogP contribution in [0.5, 0.6) is 5.75 Å². The molecule has 2 aromatic rings. The van der Waals surface area contributed by atoms with Gasteiger partial charge in [-0.3, -0.25) is 4.79 Å². The number of carbonyl (C=O) groups excluding carboxylic acids is 1. The molecule has 2 aromatic carbocycles. The van der Waals surface area contributed by atoms with E-state index in [1.54, 1.807) is 16.7 Å². The number of amides is 1. The standard InChI is InChI=1S/C19H22ClNO2S/c1-3-23-18-9-7-15(8-10-18)12-21(2)19(22)14-24-13-16-5-4-6-17(20)11-16/h4-11H,3,12-14H2,1-2H3. The van der Waals surface area contributed by atoms with E-state index in [4.69, 9.17) is 16.3 Å². The SMILES string of the molecule is CCOc1ccc(CN(C)C(=O)CSCc2cccc(Cl)c2)cc1. The summed E-state index contributed by atoms with van der Waals surface area (Å²) in [5.41, 5.74) is 2.23. The van der Waals surface area contributed by atoms with Crippen LogP contribution in [-0.4, -0.2) is 30.2 Å². The van der Waals surface area contributed by atoms with Gasteiger partial charge in [0.05, 0.1) is 12.4 Å². The number of hydrogen-bond donors (Lipinski definition) is 0. The molecule has 0 aliphatic rings. The maximum absolute atomic E-state index is 12.2. The van der Waals surface area contributed by atoms with E-state index in [0.717, 1.165) is 27.7 Å². The minimum atomic E-state index is 0.121. The van der Waals surface area contributed by atoms with Crippen molar-refractivity contribution in [3.8, 4) is 5.75 Å². The summed E-state index contributed by atoms with van der Waals surface area (Å²) in [7, 11) is 1.83. The average Bonchev–Trinajstić information content (AvgIpc) is 2.57. The normalized spacial score (nSPS) is 10.5. The van der Waals surface area contributed by atoms with Crippen molar-refractivity contribution >= 4 is 29.3 Å². The molecule has 0 aliphatic heterocycles. The number of ether oxygens (including phenoxy) is 1. The second kappa shape index (κ2) is 9.60. The van der Waals surface area contributed by atoms with Gasteiger partial charge in [0.1, 0.15) is 5.75 Å². The van der Waals surface area contributed by atoms with Crippen LogP contribution in [0.1, 0.15) is 18.1 Å². The van der Waals surface area contributed by atoms with Gasteiger partial charge < -0.3 is 9.64 Å². The molecule has 128 valence electrons. The Bertz CT molecular complexity index is 661. The number of hydrogen-bond acceptors (Lipinski definition) is 3. The molecule has 0 N–H and O–H groups in total. The fourth-order valence-corrected chi connectivity index (χ4v) is 3.34. The first-order chi connectivity index (χ1) is 11.6. The first-order valence-electron chi connectivity index (χ1n) is 7.86. The van der Waals surface area contributed by atoms with Gasteiger partial charge in [-0.15, -0.1) is 11.8 Å². The van der Waals surface area contributed by atoms with Crippen molar-refractivity contribution in [1.82, 2.24) is 4.90 Å². The molecule has 0 saturated heterocycles. The van der Waals surface area contributed by atoms with Crippen molar-refractivity contribution < 1.29 is 9.53 Å². The van der Waals surface area contributed by atoms with Crippen LogP contribution in [0, 0.1) is 0 Å². The van der Waals surface area contributed by atoms with Gasteiger partial charge in [-0.05, 0) is 42.3 Å². The number of nitrogens with zero attached hydrogens (tertiary/aromatic N) is 1. The summed E-state index contributed by atoms with van der Waals surface area (Å²) in [5, 5.41) is 0.729. The van der Waals surface area contributed by atoms with E-state index in [9.17, 15) is 4.79 Å². The van der Waals surface area contributed by atoms with Gasteiger partial charge in [-0.1, -0.05) is 35.9 Å². The van der Waals surface area contributed by atoms with E-state index in [-0.39, 0.29) is 5.91 Å². The molecule has 0 radical (unpaired) electrons. The van der Waals surface area contributed by atoms with Crippen molar-refractivity contribution in [2.24, 2.45) is 0 Å². The van der Waals surface area contributed by atoms with Gasteiger partial charge >= 0.3 is 0 Å². The van der Waals surface area contributed by atoms with E-state index in [2.05, 4.69) is 0 Å². The van der Waals surface area contributed by atoms with Gasteiger partial charge in [0.25, 0.3) is 0 Å². The number of rotatable bonds is 8. The van der Waals surface area contributed by atoms with Crippen LogP contribution in [-0.2, 0) is 17.1 Å². The maximum atomic E-state index is 12.2. The first-order valence-corrected chi connectivity index (χ1v) is 9.39. The summed E-state index contributed by atoms with van der Waals surface area (Å²) in [6.07, 6.45) is 0. The largest absolute Gasteiger partial charge is 0.494 e. The van der Waals surface area contributed by atoms with Crippen LogP contribution in [0.3, 0.4) is 0 Å². The Hall–Kier alpha value is -1.65. The van der Waals surface area contributed by atoms with Gasteiger partial charge in [-0.2, -0.15) is 0 Å². The molecule has 5 heteroatoms. The molecule has 1 amide bonds. The highest BCUT2D eigenvalue weighted by atomic mass is 35.5. The summed E-state index contributed by atoms with van der Waals surface area (Å²) >= 11 is 7.57. The fourth-order valence-electron chi connectivity index (χ4n) is 2.21. The maximum Gasteiger partial charge on any atom is 0.232 e. The molecule has 0 spiro atoms. The van der Waals surface area contributed by atoms with E-state index < -0.39 is 0 Å². The van der Waals surface area contributed by atoms with Crippen LogP contribution >= 0.6 is 23.4 Å². The van der Waals surface area contributed by atoms with E-state index >= 15 is 0 Å². The third-order valence-corrected chi connectivity index (χ3v) is 4.69. The van der Waals surface area contributed by atoms with E-state index in [1.807, 2.05) is 62.5 Å². The predicted octanol–water partition coefficient (Wildman–Crippen LogP) is 4.63. The Kier molecular flexibility index (Phi) is 7.47. The first kappa shape index (κ1) is 18.7. The van der Waals surface area contributed by atoms with Crippen LogP contribution < -0.4 is 4.74 Å². The summed E-state index contributed by atoms with van der Waals surface area (Å²) in [4.78, 5) is 14.0. The predicted molar refractivity (Wildman–Crippen MR) is 102 cm³/mol. The molecule has 0 aromatic heterocycles. The molecular formula is C19H22ClNO2S. The Morgan fingerprint density at radius 3 is 2.58 bits per heavy atom. The lowest BCUT2D eigenvalue weighted by atomic mass is 10.2. The van der Waals surface area contributed by atoms with Crippen LogP contribution in [0.15, 0.2) is 48.5 Å². The molecule has 0 aliphatic carbocycles. The second-order valence-corrected chi connectivity index (χ2v) is 6.87. The molecule has 0 fully saturated rings. The van der Waals surface area contributed by atoms with Crippen LogP contribution in [0.25, 0.3) is 0 Å². The monoisotopic (exact) mass is 363 g/mol. The zero-order valence-electron chi connectivity index (χ0n) is 14.0. The lowest BCUT2D eigenvalue weighted by molar-refractivity contribution is -0.127. The molecule has 0 atom stereocenters. The molecular weight excluding hydrogens is 342 g/mol. The van der Waals surface area contributed by atoms with Crippen LogP contribution in [0.4, 0.5) is 0 Å². The summed E-state index contributed by atoms with van der Waals surface area (Å²) in [6, 6.07) is 15.6. The highest BCUT2D eigenvalue weighted by Crippen LogP contribution is 2.17. The minimum Gasteiger partial charge on any atom is -0.494 e. The molecule has 0 heterocycles. The highest BCUT2D eigenvalue weighted by molar-refractivity contribution is 7.99. The van der Waals surface area contributed by atoms with Gasteiger partial charge in [0.15, 0.2) is 0 Å². The molecule has 0 unspecified atom stereocenters. The average molecular weight is 364 g/mol. The molecule has 24 heavy (non-hydrogen) atoms. The molecule has 2 rings (SSSR count). The minimum absolute atomic E-state index is 0.121. The van der Waals surface area contributed by atoms with Crippen molar-refractivity contribution in [1.29, 1.82) is 0 Å². The highest BCUT2D eigenvalue weighted by Gasteiger charge is 2.09. The van der Waals surface area contributed by atoms with Crippen LogP contribution in [0.2, 0.25) is 5.02 Å². The fraction of sp³-hybridized carbons (Fsp3) is 0.316. The Morgan fingerprint density at radius 1 is 1.17 bits per heavy atom. The Labute approximate surface area is 153 Å². The lowest BCUT2D eigenvalue weighted by Gasteiger charge is -2.17. The van der Waals surface area contributed by atoms with Gasteiger partial charge in [-0.25, -0.2) is 0 Å². The van der Waals surface area contributed by atoms with E-state index in [1.165, 1.54) is 0 Å². The number of benzene rings is 2. The van der Waals surface area contributed by atoms with Crippen molar-refractivity contribution in [3.63, 3.8) is 0 Å². The van der Waals surface area contributed by atoms with Gasteiger partial charge in [0.2, 0.25) is 5.91 Å².